The summed E-state index contributed by atoms with van der Waals surface area (Å²) < 4.78 is 38.6. The first-order chi connectivity index (χ1) is 12.4. The van der Waals surface area contributed by atoms with Crippen LogP contribution < -0.4 is 10.2 Å². The zero-order valence-electron chi connectivity index (χ0n) is 13.4. The number of amides is 1. The molecule has 1 amide bonds. The Kier molecular flexibility index (Phi) is 5.12. The fourth-order valence-electron chi connectivity index (χ4n) is 2.45. The molecular weight excluding hydrogens is 373 g/mol. The quantitative estimate of drug-likeness (QED) is 0.814. The third-order valence-electron chi connectivity index (χ3n) is 3.85. The van der Waals surface area contributed by atoms with Crippen molar-refractivity contribution in [1.29, 1.82) is 0 Å². The molecule has 1 aromatic heterocycles. The summed E-state index contributed by atoms with van der Waals surface area (Å²) in [6.45, 7) is 2.14. The highest BCUT2D eigenvalue weighted by Crippen LogP contribution is 2.34. The molecule has 11 heteroatoms. The maximum atomic E-state index is 12.9. The number of anilines is 3. The number of nitrogens with zero attached hydrogens (tertiary/aromatic N) is 5. The first-order valence-electron chi connectivity index (χ1n) is 7.64. The Bertz CT molecular complexity index is 795. The van der Waals surface area contributed by atoms with Gasteiger partial charge in [0.25, 0.3) is 0 Å². The molecule has 2 aromatic rings. The van der Waals surface area contributed by atoms with Gasteiger partial charge in [0.05, 0.1) is 22.5 Å². The highest BCUT2D eigenvalue weighted by molar-refractivity contribution is 6.33. The largest absolute Gasteiger partial charge is 0.416 e. The molecule has 26 heavy (non-hydrogen) atoms. The Morgan fingerprint density at radius 1 is 1.19 bits per heavy atom. The second kappa shape index (κ2) is 7.32. The van der Waals surface area contributed by atoms with Crippen molar-refractivity contribution in [3.05, 3.63) is 35.0 Å². The van der Waals surface area contributed by atoms with E-state index in [1.54, 1.807) is 4.90 Å². The maximum absolute atomic E-state index is 12.9. The standard InChI is InChI=1S/C15H14ClF3N6O/c16-11-2-1-10(15(17,18)19)7-12(11)21-13-8-20-23-14(22-13)25-5-3-24(9-26)4-6-25/h1-2,7-9H,3-6H2,(H,21,22,23). The topological polar surface area (TPSA) is 74.2 Å². The third-order valence-corrected chi connectivity index (χ3v) is 4.18. The second-order valence-electron chi connectivity index (χ2n) is 5.59. The molecule has 0 unspecified atom stereocenters. The van der Waals surface area contributed by atoms with Gasteiger partial charge in [-0.05, 0) is 18.2 Å². The molecule has 7 nitrogen and oxygen atoms in total. The zero-order chi connectivity index (χ0) is 18.7. The van der Waals surface area contributed by atoms with Crippen LogP contribution in [0.25, 0.3) is 0 Å². The van der Waals surface area contributed by atoms with Crippen molar-refractivity contribution in [2.75, 3.05) is 36.4 Å². The summed E-state index contributed by atoms with van der Waals surface area (Å²) in [6, 6.07) is 2.98. The molecule has 0 atom stereocenters. The van der Waals surface area contributed by atoms with Gasteiger partial charge in [-0.2, -0.15) is 23.3 Å². The van der Waals surface area contributed by atoms with Gasteiger partial charge >= 0.3 is 6.18 Å². The lowest BCUT2D eigenvalue weighted by Crippen LogP contribution is -2.46. The van der Waals surface area contributed by atoms with Crippen molar-refractivity contribution in [1.82, 2.24) is 20.1 Å². The van der Waals surface area contributed by atoms with Crippen LogP contribution in [0, 0.1) is 0 Å². The molecule has 0 saturated carbocycles. The Morgan fingerprint density at radius 2 is 1.92 bits per heavy atom. The summed E-state index contributed by atoms with van der Waals surface area (Å²) in [5.74, 6) is 0.540. The fraction of sp³-hybridized carbons (Fsp3) is 0.333. The number of carbonyl (C=O) groups is 1. The van der Waals surface area contributed by atoms with Gasteiger partial charge in [-0.15, -0.1) is 5.10 Å². The summed E-state index contributed by atoms with van der Waals surface area (Å²) >= 11 is 5.97. The molecule has 0 bridgehead atoms. The van der Waals surface area contributed by atoms with Gasteiger partial charge < -0.3 is 15.1 Å². The molecule has 2 heterocycles. The minimum absolute atomic E-state index is 0.0683. The molecule has 1 saturated heterocycles. The number of carbonyl (C=O) groups excluding carboxylic acids is 1. The fourth-order valence-corrected chi connectivity index (χ4v) is 2.62. The molecule has 0 radical (unpaired) electrons. The second-order valence-corrected chi connectivity index (χ2v) is 5.99. The van der Waals surface area contributed by atoms with E-state index in [2.05, 4.69) is 20.5 Å². The number of benzene rings is 1. The van der Waals surface area contributed by atoms with Gasteiger partial charge in [-0.25, -0.2) is 0 Å². The summed E-state index contributed by atoms with van der Waals surface area (Å²) in [7, 11) is 0. The Labute approximate surface area is 151 Å². The number of aromatic nitrogens is 3. The normalized spacial score (nSPS) is 15.1. The lowest BCUT2D eigenvalue weighted by atomic mass is 10.2. The van der Waals surface area contributed by atoms with Crippen LogP contribution in [-0.4, -0.2) is 52.7 Å². The molecule has 1 N–H and O–H groups in total. The van der Waals surface area contributed by atoms with E-state index >= 15 is 0 Å². The number of nitrogens with one attached hydrogen (secondary N) is 1. The molecule has 1 aliphatic heterocycles. The van der Waals surface area contributed by atoms with Crippen molar-refractivity contribution < 1.29 is 18.0 Å². The Morgan fingerprint density at radius 3 is 2.58 bits per heavy atom. The van der Waals surface area contributed by atoms with Crippen molar-refractivity contribution in [2.45, 2.75) is 6.18 Å². The average Bonchev–Trinajstić information content (AvgIpc) is 2.63. The number of alkyl halides is 3. The van der Waals surface area contributed by atoms with E-state index in [0.717, 1.165) is 18.5 Å². The van der Waals surface area contributed by atoms with Crippen molar-refractivity contribution in [3.8, 4) is 0 Å². The van der Waals surface area contributed by atoms with Crippen LogP contribution >= 0.6 is 11.6 Å². The van der Waals surface area contributed by atoms with Crippen LogP contribution in [0.5, 0.6) is 0 Å². The van der Waals surface area contributed by atoms with E-state index in [4.69, 9.17) is 11.6 Å². The van der Waals surface area contributed by atoms with Crippen LogP contribution in [0.1, 0.15) is 5.56 Å². The Hall–Kier alpha value is -2.62. The SMILES string of the molecule is O=CN1CCN(c2nncc(Nc3cc(C(F)(F)F)ccc3Cl)n2)CC1. The van der Waals surface area contributed by atoms with Crippen molar-refractivity contribution >= 4 is 35.5 Å². The number of hydrogen-bond donors (Lipinski definition) is 1. The van der Waals surface area contributed by atoms with Crippen LogP contribution in [-0.2, 0) is 11.0 Å². The molecule has 0 aliphatic carbocycles. The minimum Gasteiger partial charge on any atom is -0.342 e. The molecule has 1 fully saturated rings. The number of rotatable bonds is 4. The van der Waals surface area contributed by atoms with Gasteiger partial charge in [0.2, 0.25) is 12.4 Å². The van der Waals surface area contributed by atoms with E-state index in [9.17, 15) is 18.0 Å². The summed E-state index contributed by atoms with van der Waals surface area (Å²) in [6.07, 6.45) is -2.40. The molecule has 138 valence electrons. The van der Waals surface area contributed by atoms with Gasteiger partial charge in [-0.1, -0.05) is 11.6 Å². The van der Waals surface area contributed by atoms with Gasteiger partial charge in [0.15, 0.2) is 5.82 Å². The zero-order valence-corrected chi connectivity index (χ0v) is 14.1. The molecular formula is C15H14ClF3N6O. The molecule has 1 aromatic carbocycles. The van der Waals surface area contributed by atoms with E-state index in [0.29, 0.717) is 32.1 Å². The third kappa shape index (κ3) is 4.13. The van der Waals surface area contributed by atoms with Crippen molar-refractivity contribution in [3.63, 3.8) is 0 Å². The number of hydrogen-bond acceptors (Lipinski definition) is 6. The average molecular weight is 387 g/mol. The van der Waals surface area contributed by atoms with Crippen LogP contribution in [0.2, 0.25) is 5.02 Å². The Balaban J connectivity index is 1.78. The van der Waals surface area contributed by atoms with E-state index in [1.807, 2.05) is 4.90 Å². The van der Waals surface area contributed by atoms with E-state index in [1.165, 1.54) is 12.3 Å². The summed E-state index contributed by atoms with van der Waals surface area (Å²) in [5, 5.41) is 10.6. The number of halogens is 4. The lowest BCUT2D eigenvalue weighted by molar-refractivity contribution is -0.137. The van der Waals surface area contributed by atoms with Crippen LogP contribution in [0.15, 0.2) is 24.4 Å². The summed E-state index contributed by atoms with van der Waals surface area (Å²) in [5.41, 5.74) is -0.754. The molecule has 1 aliphatic rings. The van der Waals surface area contributed by atoms with E-state index in [-0.39, 0.29) is 16.5 Å². The monoisotopic (exact) mass is 386 g/mol. The van der Waals surface area contributed by atoms with Crippen LogP contribution in [0.4, 0.5) is 30.6 Å². The van der Waals surface area contributed by atoms with Gasteiger partial charge in [-0.3, -0.25) is 4.79 Å². The summed E-state index contributed by atoms with van der Waals surface area (Å²) in [4.78, 5) is 18.5. The first kappa shape index (κ1) is 18.2. The maximum Gasteiger partial charge on any atom is 0.416 e. The lowest BCUT2D eigenvalue weighted by Gasteiger charge is -2.32. The molecule has 0 spiro atoms. The smallest absolute Gasteiger partial charge is 0.342 e. The minimum atomic E-state index is -4.48. The van der Waals surface area contributed by atoms with Gasteiger partial charge in [0.1, 0.15) is 0 Å². The highest BCUT2D eigenvalue weighted by Gasteiger charge is 2.31. The van der Waals surface area contributed by atoms with Gasteiger partial charge in [0, 0.05) is 26.2 Å². The van der Waals surface area contributed by atoms with Crippen LogP contribution in [0.3, 0.4) is 0 Å². The first-order valence-corrected chi connectivity index (χ1v) is 8.02. The predicted octanol–water partition coefficient (Wildman–Crippen LogP) is 2.57. The van der Waals surface area contributed by atoms with E-state index < -0.39 is 11.7 Å². The number of piperazine rings is 1. The molecule has 3 rings (SSSR count). The predicted molar refractivity (Wildman–Crippen MR) is 89.4 cm³/mol. The highest BCUT2D eigenvalue weighted by atomic mass is 35.5. The van der Waals surface area contributed by atoms with Crippen molar-refractivity contribution in [2.24, 2.45) is 0 Å².